The van der Waals surface area contributed by atoms with Crippen LogP contribution in [0, 0.1) is 0 Å². The van der Waals surface area contributed by atoms with Gasteiger partial charge in [0.1, 0.15) is 5.75 Å². The molecule has 1 N–H and O–H groups in total. The summed E-state index contributed by atoms with van der Waals surface area (Å²) >= 11 is 0. The summed E-state index contributed by atoms with van der Waals surface area (Å²) < 4.78 is 5.58. The summed E-state index contributed by atoms with van der Waals surface area (Å²) in [6.07, 6.45) is 7.47. The average molecular weight is 234 g/mol. The van der Waals surface area contributed by atoms with Gasteiger partial charge in [0.05, 0.1) is 12.7 Å². The van der Waals surface area contributed by atoms with Gasteiger partial charge in [-0.1, -0.05) is 36.8 Å². The Balaban J connectivity index is 1.98. The van der Waals surface area contributed by atoms with Gasteiger partial charge in [-0.15, -0.1) is 0 Å². The predicted octanol–water partition coefficient (Wildman–Crippen LogP) is 3.56. The lowest BCUT2D eigenvalue weighted by Crippen LogP contribution is -2.02. The molecule has 0 spiro atoms. The number of rotatable bonds is 8. The maximum absolute atomic E-state index is 9.47. The fourth-order valence-corrected chi connectivity index (χ4v) is 1.66. The van der Waals surface area contributed by atoms with Gasteiger partial charge in [-0.3, -0.25) is 0 Å². The van der Waals surface area contributed by atoms with Gasteiger partial charge in [0.15, 0.2) is 0 Å². The fourth-order valence-electron chi connectivity index (χ4n) is 1.66. The van der Waals surface area contributed by atoms with E-state index in [1.54, 1.807) is 0 Å². The molecule has 0 aliphatic heterocycles. The molecular weight excluding hydrogens is 212 g/mol. The highest BCUT2D eigenvalue weighted by molar-refractivity contribution is 5.20. The summed E-state index contributed by atoms with van der Waals surface area (Å²) in [6.45, 7) is 2.68. The molecule has 1 rings (SSSR count). The molecule has 0 bridgehead atoms. The number of aliphatic hydroxyl groups is 1. The maximum atomic E-state index is 9.47. The zero-order valence-corrected chi connectivity index (χ0v) is 10.5. The summed E-state index contributed by atoms with van der Waals surface area (Å²) in [4.78, 5) is 0. The van der Waals surface area contributed by atoms with Crippen LogP contribution in [-0.2, 0) is 0 Å². The van der Waals surface area contributed by atoms with Gasteiger partial charge in [-0.2, -0.15) is 0 Å². The highest BCUT2D eigenvalue weighted by atomic mass is 16.5. The summed E-state index contributed by atoms with van der Waals surface area (Å²) in [5.74, 6) is 0.932. The quantitative estimate of drug-likeness (QED) is 0.550. The molecule has 1 atom stereocenters. The molecule has 94 valence electrons. The number of unbranched alkanes of at least 4 members (excludes halogenated alkanes) is 2. The molecular formula is C15H22O2. The molecule has 17 heavy (non-hydrogen) atoms. The summed E-state index contributed by atoms with van der Waals surface area (Å²) in [7, 11) is 0. The zero-order chi connectivity index (χ0) is 12.3. The molecule has 2 heteroatoms. The number of hydrogen-bond donors (Lipinski definition) is 1. The van der Waals surface area contributed by atoms with Crippen LogP contribution in [0.1, 0.15) is 32.6 Å². The van der Waals surface area contributed by atoms with E-state index in [9.17, 15) is 5.11 Å². The molecule has 0 fully saturated rings. The number of benzene rings is 1. The third-order valence-electron chi connectivity index (χ3n) is 2.57. The van der Waals surface area contributed by atoms with Crippen molar-refractivity contribution >= 4 is 0 Å². The second-order valence-electron chi connectivity index (χ2n) is 4.10. The highest BCUT2D eigenvalue weighted by Gasteiger charge is 1.98. The van der Waals surface area contributed by atoms with E-state index < -0.39 is 0 Å². The molecule has 0 unspecified atom stereocenters. The largest absolute Gasteiger partial charge is 0.494 e. The summed E-state index contributed by atoms with van der Waals surface area (Å²) in [5, 5.41) is 9.47. The molecule has 0 heterocycles. The van der Waals surface area contributed by atoms with Gasteiger partial charge in [-0.25, -0.2) is 0 Å². The van der Waals surface area contributed by atoms with E-state index in [-0.39, 0.29) is 6.10 Å². The van der Waals surface area contributed by atoms with Crippen molar-refractivity contribution in [3.63, 3.8) is 0 Å². The Kier molecular flexibility index (Phi) is 7.15. The van der Waals surface area contributed by atoms with E-state index in [1.165, 1.54) is 0 Å². The molecule has 1 aromatic rings. The topological polar surface area (TPSA) is 29.5 Å². The van der Waals surface area contributed by atoms with E-state index in [2.05, 4.69) is 0 Å². The minimum Gasteiger partial charge on any atom is -0.494 e. The smallest absolute Gasteiger partial charge is 0.119 e. The number of ether oxygens (including phenoxy) is 1. The lowest BCUT2D eigenvalue weighted by Gasteiger charge is -2.07. The van der Waals surface area contributed by atoms with Gasteiger partial charge in [0.25, 0.3) is 0 Å². The van der Waals surface area contributed by atoms with Gasteiger partial charge in [0, 0.05) is 0 Å². The zero-order valence-electron chi connectivity index (χ0n) is 10.5. The van der Waals surface area contributed by atoms with E-state index >= 15 is 0 Å². The predicted molar refractivity (Wildman–Crippen MR) is 71.2 cm³/mol. The first-order chi connectivity index (χ1) is 8.33. The van der Waals surface area contributed by atoms with Crippen LogP contribution >= 0.6 is 0 Å². The first-order valence-electron chi connectivity index (χ1n) is 6.31. The molecule has 0 aliphatic rings. The van der Waals surface area contributed by atoms with Crippen molar-refractivity contribution < 1.29 is 9.84 Å². The average Bonchev–Trinajstić information content (AvgIpc) is 2.35. The first-order valence-corrected chi connectivity index (χ1v) is 6.31. The second-order valence-corrected chi connectivity index (χ2v) is 4.10. The van der Waals surface area contributed by atoms with Crippen LogP contribution in [0.3, 0.4) is 0 Å². The van der Waals surface area contributed by atoms with Gasteiger partial charge in [0.2, 0.25) is 0 Å². The first kappa shape index (κ1) is 13.8. The Morgan fingerprint density at radius 2 is 1.94 bits per heavy atom. The van der Waals surface area contributed by atoms with Crippen LogP contribution in [0.25, 0.3) is 0 Å². The van der Waals surface area contributed by atoms with E-state index in [1.807, 2.05) is 49.4 Å². The maximum Gasteiger partial charge on any atom is 0.119 e. The molecule has 0 amide bonds. The highest BCUT2D eigenvalue weighted by Crippen LogP contribution is 2.10. The van der Waals surface area contributed by atoms with Crippen molar-refractivity contribution in [2.24, 2.45) is 0 Å². The number of hydrogen-bond acceptors (Lipinski definition) is 2. The Labute approximate surface area is 104 Å². The van der Waals surface area contributed by atoms with Gasteiger partial charge in [-0.05, 0) is 38.3 Å². The van der Waals surface area contributed by atoms with E-state index in [4.69, 9.17) is 4.74 Å². The lowest BCUT2D eigenvalue weighted by molar-refractivity contribution is 0.206. The Bertz CT molecular complexity index is 306. The van der Waals surface area contributed by atoms with Crippen LogP contribution in [0.2, 0.25) is 0 Å². The van der Waals surface area contributed by atoms with Crippen LogP contribution in [0.4, 0.5) is 0 Å². The normalized spacial score (nSPS) is 12.8. The SMILES string of the molecule is CC=C[C@@H](O)CCCCCOc1ccccc1. The fraction of sp³-hybridized carbons (Fsp3) is 0.467. The van der Waals surface area contributed by atoms with Gasteiger partial charge < -0.3 is 9.84 Å². The molecule has 0 aromatic heterocycles. The third-order valence-corrected chi connectivity index (χ3v) is 2.57. The molecule has 1 aromatic carbocycles. The van der Waals surface area contributed by atoms with Crippen molar-refractivity contribution in [2.45, 2.75) is 38.7 Å². The molecule has 0 saturated heterocycles. The van der Waals surface area contributed by atoms with Crippen molar-refractivity contribution in [2.75, 3.05) is 6.61 Å². The van der Waals surface area contributed by atoms with Gasteiger partial charge >= 0.3 is 0 Å². The van der Waals surface area contributed by atoms with Crippen LogP contribution in [0.5, 0.6) is 5.75 Å². The number of allylic oxidation sites excluding steroid dienone is 1. The van der Waals surface area contributed by atoms with Crippen LogP contribution < -0.4 is 4.74 Å². The Morgan fingerprint density at radius 3 is 2.65 bits per heavy atom. The third kappa shape index (κ3) is 6.80. The minimum absolute atomic E-state index is 0.282. The molecule has 0 saturated carbocycles. The van der Waals surface area contributed by atoms with Crippen molar-refractivity contribution in [1.82, 2.24) is 0 Å². The number of para-hydroxylation sites is 1. The van der Waals surface area contributed by atoms with E-state index in [0.29, 0.717) is 0 Å². The monoisotopic (exact) mass is 234 g/mol. The summed E-state index contributed by atoms with van der Waals surface area (Å²) in [5.41, 5.74) is 0. The Morgan fingerprint density at radius 1 is 1.18 bits per heavy atom. The second kappa shape index (κ2) is 8.82. The number of aliphatic hydroxyl groups excluding tert-OH is 1. The van der Waals surface area contributed by atoms with Crippen LogP contribution in [-0.4, -0.2) is 17.8 Å². The lowest BCUT2D eigenvalue weighted by atomic mass is 10.1. The molecule has 2 nitrogen and oxygen atoms in total. The standard InChI is InChI=1S/C15H22O2/c1-2-9-14(16)10-5-4-8-13-17-15-11-6-3-7-12-15/h2-3,6-7,9,11-12,14,16H,4-5,8,10,13H2,1H3/t14-/m1/s1. The molecule has 0 aliphatic carbocycles. The van der Waals surface area contributed by atoms with Crippen molar-refractivity contribution in [3.8, 4) is 5.75 Å². The van der Waals surface area contributed by atoms with Crippen LogP contribution in [0.15, 0.2) is 42.5 Å². The van der Waals surface area contributed by atoms with E-state index in [0.717, 1.165) is 38.0 Å². The minimum atomic E-state index is -0.282. The van der Waals surface area contributed by atoms with Crippen molar-refractivity contribution in [1.29, 1.82) is 0 Å². The summed E-state index contributed by atoms with van der Waals surface area (Å²) in [6, 6.07) is 9.87. The Hall–Kier alpha value is -1.28. The van der Waals surface area contributed by atoms with Crippen molar-refractivity contribution in [3.05, 3.63) is 42.5 Å². The molecule has 0 radical (unpaired) electrons.